The van der Waals surface area contributed by atoms with Crippen molar-refractivity contribution >= 4 is 11.8 Å². The number of hydrogen-bond acceptors (Lipinski definition) is 2. The molecule has 1 aromatic carbocycles. The Morgan fingerprint density at radius 2 is 1.87 bits per heavy atom. The van der Waals surface area contributed by atoms with Crippen LogP contribution in [0.3, 0.4) is 0 Å². The van der Waals surface area contributed by atoms with Crippen LogP contribution in [0.5, 0.6) is 0 Å². The van der Waals surface area contributed by atoms with E-state index in [1.807, 2.05) is 0 Å². The predicted octanol–water partition coefficient (Wildman–Crippen LogP) is 2.20. The molecule has 15 heavy (non-hydrogen) atoms. The maximum atomic E-state index is 12.9. The molecule has 0 aliphatic carbocycles. The summed E-state index contributed by atoms with van der Waals surface area (Å²) in [5, 5.41) is 0. The zero-order valence-electron chi connectivity index (χ0n) is 8.25. The predicted molar refractivity (Wildman–Crippen MR) is 58.9 cm³/mol. The van der Waals surface area contributed by atoms with Crippen LogP contribution in [0.2, 0.25) is 0 Å². The normalized spacial score (nSPS) is 25.8. The Morgan fingerprint density at radius 1 is 1.20 bits per heavy atom. The Bertz CT molecular complexity index is 336. The van der Waals surface area contributed by atoms with Crippen molar-refractivity contribution in [2.24, 2.45) is 11.7 Å². The van der Waals surface area contributed by atoms with Crippen LogP contribution in [0, 0.1) is 17.6 Å². The Balaban J connectivity index is 2.10. The van der Waals surface area contributed by atoms with E-state index < -0.39 is 11.6 Å². The lowest BCUT2D eigenvalue weighted by atomic mass is 9.95. The minimum Gasteiger partial charge on any atom is -0.327 e. The summed E-state index contributed by atoms with van der Waals surface area (Å²) >= 11 is 1.81. The van der Waals surface area contributed by atoms with Gasteiger partial charge in [0.15, 0.2) is 0 Å². The fourth-order valence-corrected chi connectivity index (χ4v) is 3.21. The summed E-state index contributed by atoms with van der Waals surface area (Å²) in [4.78, 5) is 0. The molecule has 2 N–H and O–H groups in total. The third-order valence-corrected chi connectivity index (χ3v) is 3.95. The Hall–Kier alpha value is -0.610. The summed E-state index contributed by atoms with van der Waals surface area (Å²) in [7, 11) is 0. The summed E-state index contributed by atoms with van der Waals surface area (Å²) in [6, 6.07) is 3.83. The van der Waals surface area contributed by atoms with Crippen LogP contribution in [0.4, 0.5) is 8.78 Å². The molecule has 0 spiro atoms. The molecule has 0 radical (unpaired) electrons. The average Bonchev–Trinajstić information content (AvgIpc) is 2.50. The van der Waals surface area contributed by atoms with E-state index in [0.717, 1.165) is 17.6 Å². The second kappa shape index (κ2) is 4.49. The Morgan fingerprint density at radius 3 is 2.40 bits per heavy atom. The summed E-state index contributed by atoms with van der Waals surface area (Å²) in [5.41, 5.74) is 6.60. The largest absolute Gasteiger partial charge is 0.327 e. The molecule has 0 amide bonds. The topological polar surface area (TPSA) is 26.0 Å². The molecule has 4 heteroatoms. The highest BCUT2D eigenvalue weighted by atomic mass is 32.2. The van der Waals surface area contributed by atoms with E-state index in [2.05, 4.69) is 0 Å². The van der Waals surface area contributed by atoms with Gasteiger partial charge in [-0.25, -0.2) is 8.78 Å². The first kappa shape index (κ1) is 10.9. The van der Waals surface area contributed by atoms with Gasteiger partial charge in [0.05, 0.1) is 0 Å². The molecular formula is C11H13F2NS. The van der Waals surface area contributed by atoms with Gasteiger partial charge in [0, 0.05) is 17.9 Å². The zero-order valence-corrected chi connectivity index (χ0v) is 9.07. The highest BCUT2D eigenvalue weighted by molar-refractivity contribution is 7.99. The highest BCUT2D eigenvalue weighted by Crippen LogP contribution is 2.26. The SMILES string of the molecule is NC1CSCC1Cc1cc(F)cc(F)c1. The molecule has 1 nitrogen and oxygen atoms in total. The standard InChI is InChI=1S/C11H13F2NS/c12-9-2-7(3-10(13)4-9)1-8-5-15-6-11(8)14/h2-4,8,11H,1,5-6,14H2. The fourth-order valence-electron chi connectivity index (χ4n) is 1.86. The van der Waals surface area contributed by atoms with Gasteiger partial charge in [0.2, 0.25) is 0 Å². The van der Waals surface area contributed by atoms with Gasteiger partial charge in [-0.1, -0.05) is 0 Å². The summed E-state index contributed by atoms with van der Waals surface area (Å²) in [5.74, 6) is 1.26. The van der Waals surface area contributed by atoms with Gasteiger partial charge in [0.1, 0.15) is 11.6 Å². The van der Waals surface area contributed by atoms with Crippen LogP contribution in [-0.2, 0) is 6.42 Å². The van der Waals surface area contributed by atoms with Gasteiger partial charge >= 0.3 is 0 Å². The third kappa shape index (κ3) is 2.69. The number of rotatable bonds is 2. The maximum Gasteiger partial charge on any atom is 0.126 e. The van der Waals surface area contributed by atoms with Gasteiger partial charge in [0.25, 0.3) is 0 Å². The van der Waals surface area contributed by atoms with E-state index in [0.29, 0.717) is 17.9 Å². The molecule has 0 bridgehead atoms. The number of thioether (sulfide) groups is 1. The van der Waals surface area contributed by atoms with Crippen molar-refractivity contribution in [2.75, 3.05) is 11.5 Å². The quantitative estimate of drug-likeness (QED) is 0.841. The van der Waals surface area contributed by atoms with Crippen molar-refractivity contribution in [3.05, 3.63) is 35.4 Å². The van der Waals surface area contributed by atoms with Crippen molar-refractivity contribution in [2.45, 2.75) is 12.5 Å². The van der Waals surface area contributed by atoms with Gasteiger partial charge in [-0.2, -0.15) is 11.8 Å². The molecule has 1 aliphatic rings. The summed E-state index contributed by atoms with van der Waals surface area (Å²) in [6.07, 6.45) is 0.669. The number of hydrogen-bond donors (Lipinski definition) is 1. The van der Waals surface area contributed by atoms with E-state index in [1.54, 1.807) is 11.8 Å². The Kier molecular flexibility index (Phi) is 3.26. The van der Waals surface area contributed by atoms with E-state index in [-0.39, 0.29) is 6.04 Å². The molecule has 1 aromatic rings. The van der Waals surface area contributed by atoms with Crippen LogP contribution >= 0.6 is 11.8 Å². The lowest BCUT2D eigenvalue weighted by Crippen LogP contribution is -2.29. The van der Waals surface area contributed by atoms with Gasteiger partial charge in [-0.05, 0) is 35.8 Å². The molecule has 0 saturated carbocycles. The number of nitrogens with two attached hydrogens (primary N) is 1. The lowest BCUT2D eigenvalue weighted by Gasteiger charge is -2.14. The second-order valence-electron chi connectivity index (χ2n) is 3.94. The first-order chi connectivity index (χ1) is 7.15. The third-order valence-electron chi connectivity index (χ3n) is 2.67. The van der Waals surface area contributed by atoms with E-state index in [4.69, 9.17) is 5.73 Å². The molecule has 2 rings (SSSR count). The van der Waals surface area contributed by atoms with Crippen LogP contribution in [-0.4, -0.2) is 17.5 Å². The molecule has 1 saturated heterocycles. The smallest absolute Gasteiger partial charge is 0.126 e. The molecule has 2 unspecified atom stereocenters. The number of benzene rings is 1. The summed E-state index contributed by atoms with van der Waals surface area (Å²) in [6.45, 7) is 0. The molecular weight excluding hydrogens is 216 g/mol. The monoisotopic (exact) mass is 229 g/mol. The van der Waals surface area contributed by atoms with Gasteiger partial charge < -0.3 is 5.73 Å². The maximum absolute atomic E-state index is 12.9. The van der Waals surface area contributed by atoms with Crippen LogP contribution in [0.25, 0.3) is 0 Å². The van der Waals surface area contributed by atoms with E-state index in [1.165, 1.54) is 12.1 Å². The van der Waals surface area contributed by atoms with Crippen LogP contribution < -0.4 is 5.73 Å². The molecule has 0 aromatic heterocycles. The van der Waals surface area contributed by atoms with Gasteiger partial charge in [-0.3, -0.25) is 0 Å². The average molecular weight is 229 g/mol. The zero-order chi connectivity index (χ0) is 10.8. The lowest BCUT2D eigenvalue weighted by molar-refractivity contribution is 0.509. The molecule has 2 atom stereocenters. The molecule has 1 aliphatic heterocycles. The van der Waals surface area contributed by atoms with Crippen LogP contribution in [0.1, 0.15) is 5.56 Å². The highest BCUT2D eigenvalue weighted by Gasteiger charge is 2.24. The van der Waals surface area contributed by atoms with E-state index >= 15 is 0 Å². The van der Waals surface area contributed by atoms with Crippen LogP contribution in [0.15, 0.2) is 18.2 Å². The van der Waals surface area contributed by atoms with Crippen molar-refractivity contribution < 1.29 is 8.78 Å². The van der Waals surface area contributed by atoms with Crippen molar-refractivity contribution in [1.29, 1.82) is 0 Å². The van der Waals surface area contributed by atoms with Crippen molar-refractivity contribution in [3.8, 4) is 0 Å². The Labute approximate surface area is 92.0 Å². The number of halogens is 2. The van der Waals surface area contributed by atoms with Crippen molar-refractivity contribution in [1.82, 2.24) is 0 Å². The molecule has 1 fully saturated rings. The first-order valence-corrected chi connectivity index (χ1v) is 6.09. The minimum atomic E-state index is -0.510. The van der Waals surface area contributed by atoms with E-state index in [9.17, 15) is 8.78 Å². The summed E-state index contributed by atoms with van der Waals surface area (Å²) < 4.78 is 25.8. The first-order valence-electron chi connectivity index (χ1n) is 4.93. The molecule has 1 heterocycles. The second-order valence-corrected chi connectivity index (χ2v) is 5.02. The minimum absolute atomic E-state index is 0.154. The fraction of sp³-hybridized carbons (Fsp3) is 0.455. The van der Waals surface area contributed by atoms with Crippen molar-refractivity contribution in [3.63, 3.8) is 0 Å². The van der Waals surface area contributed by atoms with Gasteiger partial charge in [-0.15, -0.1) is 0 Å². The molecule has 82 valence electrons.